The molecule has 6 heteroatoms. The minimum absolute atomic E-state index is 0.213. The molecule has 3 rings (SSSR count). The molecule has 0 spiro atoms. The first kappa shape index (κ1) is 10.6. The molecule has 1 atom stereocenters. The van der Waals surface area contributed by atoms with Crippen LogP contribution in [0.4, 0.5) is 5.82 Å². The zero-order valence-corrected chi connectivity index (χ0v) is 10.1. The molecule has 0 aromatic carbocycles. The third kappa shape index (κ3) is 1.87. The van der Waals surface area contributed by atoms with Crippen LogP contribution in [0, 0.1) is 0 Å². The highest BCUT2D eigenvalue weighted by molar-refractivity contribution is 7.10. The fourth-order valence-corrected chi connectivity index (χ4v) is 2.49. The summed E-state index contributed by atoms with van der Waals surface area (Å²) in [5.41, 5.74) is 0. The molecule has 0 fully saturated rings. The molecular formula is C11H7ClN2O2S. The summed E-state index contributed by atoms with van der Waals surface area (Å²) in [6, 6.07) is 5.38. The maximum Gasteiger partial charge on any atom is 0.272 e. The number of carbonyl (C=O) groups is 1. The molecule has 1 aliphatic heterocycles. The Morgan fingerprint density at radius 3 is 3.18 bits per heavy atom. The summed E-state index contributed by atoms with van der Waals surface area (Å²) in [6.45, 7) is 0. The number of rotatable bonds is 1. The lowest BCUT2D eigenvalue weighted by Crippen LogP contribution is -2.30. The predicted molar refractivity (Wildman–Crippen MR) is 65.6 cm³/mol. The van der Waals surface area contributed by atoms with E-state index in [1.54, 1.807) is 6.07 Å². The van der Waals surface area contributed by atoms with Crippen molar-refractivity contribution >= 4 is 34.7 Å². The molecule has 2 aromatic heterocycles. The Balaban J connectivity index is 1.99. The van der Waals surface area contributed by atoms with Gasteiger partial charge in [0.25, 0.3) is 5.91 Å². The SMILES string of the molecule is O=C1Nc2ncc(Cl)cc2OC1c1cccs1. The molecule has 4 nitrogen and oxygen atoms in total. The second-order valence-corrected chi connectivity index (χ2v) is 4.92. The third-order valence-corrected chi connectivity index (χ3v) is 3.47. The van der Waals surface area contributed by atoms with E-state index >= 15 is 0 Å². The van der Waals surface area contributed by atoms with E-state index < -0.39 is 6.10 Å². The van der Waals surface area contributed by atoms with Gasteiger partial charge in [-0.3, -0.25) is 4.79 Å². The van der Waals surface area contributed by atoms with E-state index in [1.807, 2.05) is 17.5 Å². The van der Waals surface area contributed by atoms with Gasteiger partial charge in [0, 0.05) is 12.3 Å². The number of pyridine rings is 1. The number of fused-ring (bicyclic) bond motifs is 1. The van der Waals surface area contributed by atoms with Crippen molar-refractivity contribution in [3.63, 3.8) is 0 Å². The monoisotopic (exact) mass is 266 g/mol. The van der Waals surface area contributed by atoms with Crippen molar-refractivity contribution in [1.82, 2.24) is 4.98 Å². The van der Waals surface area contributed by atoms with E-state index in [2.05, 4.69) is 10.3 Å². The molecule has 0 bridgehead atoms. The number of halogens is 1. The maximum absolute atomic E-state index is 11.8. The van der Waals surface area contributed by atoms with Gasteiger partial charge in [-0.2, -0.15) is 0 Å². The number of anilines is 1. The van der Waals surface area contributed by atoms with Crippen LogP contribution in [0.1, 0.15) is 11.0 Å². The van der Waals surface area contributed by atoms with Gasteiger partial charge >= 0.3 is 0 Å². The van der Waals surface area contributed by atoms with Crippen LogP contribution in [0.25, 0.3) is 0 Å². The highest BCUT2D eigenvalue weighted by Crippen LogP contribution is 2.36. The van der Waals surface area contributed by atoms with E-state index in [9.17, 15) is 4.79 Å². The fraction of sp³-hybridized carbons (Fsp3) is 0.0909. The molecule has 1 amide bonds. The van der Waals surface area contributed by atoms with Crippen molar-refractivity contribution in [2.45, 2.75) is 6.10 Å². The van der Waals surface area contributed by atoms with Crippen LogP contribution in [-0.2, 0) is 4.79 Å². The van der Waals surface area contributed by atoms with Crippen LogP contribution in [0.2, 0.25) is 5.02 Å². The quantitative estimate of drug-likeness (QED) is 0.863. The Kier molecular flexibility index (Phi) is 2.49. The summed E-state index contributed by atoms with van der Waals surface area (Å²) >= 11 is 7.31. The van der Waals surface area contributed by atoms with Crippen molar-refractivity contribution in [3.8, 4) is 5.75 Å². The van der Waals surface area contributed by atoms with Crippen molar-refractivity contribution in [3.05, 3.63) is 39.7 Å². The van der Waals surface area contributed by atoms with Crippen LogP contribution in [-0.4, -0.2) is 10.9 Å². The largest absolute Gasteiger partial charge is 0.471 e. The number of ether oxygens (including phenoxy) is 1. The average Bonchev–Trinajstić information content (AvgIpc) is 2.82. The van der Waals surface area contributed by atoms with Crippen LogP contribution in [0.3, 0.4) is 0 Å². The summed E-state index contributed by atoms with van der Waals surface area (Å²) in [4.78, 5) is 16.7. The molecule has 0 aliphatic carbocycles. The lowest BCUT2D eigenvalue weighted by molar-refractivity contribution is -0.123. The highest BCUT2D eigenvalue weighted by atomic mass is 35.5. The molecule has 0 saturated heterocycles. The van der Waals surface area contributed by atoms with Crippen LogP contribution in [0.15, 0.2) is 29.8 Å². The van der Waals surface area contributed by atoms with E-state index in [0.717, 1.165) is 4.88 Å². The molecular weight excluding hydrogens is 260 g/mol. The van der Waals surface area contributed by atoms with Crippen LogP contribution in [0.5, 0.6) is 5.75 Å². The van der Waals surface area contributed by atoms with E-state index in [4.69, 9.17) is 16.3 Å². The molecule has 0 saturated carbocycles. The zero-order chi connectivity index (χ0) is 11.8. The first-order valence-electron chi connectivity index (χ1n) is 4.90. The number of amides is 1. The van der Waals surface area contributed by atoms with Crippen LogP contribution < -0.4 is 10.1 Å². The molecule has 1 N–H and O–H groups in total. The van der Waals surface area contributed by atoms with Crippen LogP contribution >= 0.6 is 22.9 Å². The van der Waals surface area contributed by atoms with Gasteiger partial charge in [0.2, 0.25) is 6.10 Å². The fourth-order valence-electron chi connectivity index (χ4n) is 1.59. The Bertz CT molecular complexity index is 571. The number of hydrogen-bond donors (Lipinski definition) is 1. The molecule has 3 heterocycles. The lowest BCUT2D eigenvalue weighted by atomic mass is 10.2. The second-order valence-electron chi connectivity index (χ2n) is 3.50. The van der Waals surface area contributed by atoms with Gasteiger partial charge in [0.1, 0.15) is 0 Å². The molecule has 2 aromatic rings. The minimum atomic E-state index is -0.622. The van der Waals surface area contributed by atoms with Gasteiger partial charge < -0.3 is 10.1 Å². The van der Waals surface area contributed by atoms with Gasteiger partial charge in [-0.25, -0.2) is 4.98 Å². The van der Waals surface area contributed by atoms with Gasteiger partial charge in [-0.1, -0.05) is 17.7 Å². The standard InChI is InChI=1S/C11H7ClN2O2S/c12-6-4-7-10(13-5-6)14-11(15)9(16-7)8-2-1-3-17-8/h1-5,9H,(H,13,14,15). The molecule has 86 valence electrons. The molecule has 1 aliphatic rings. The van der Waals surface area contributed by atoms with Crippen molar-refractivity contribution in [2.75, 3.05) is 5.32 Å². The lowest BCUT2D eigenvalue weighted by Gasteiger charge is -2.24. The maximum atomic E-state index is 11.8. The number of aromatic nitrogens is 1. The number of nitrogens with one attached hydrogen (secondary N) is 1. The number of carbonyl (C=O) groups excluding carboxylic acids is 1. The third-order valence-electron chi connectivity index (χ3n) is 2.35. The Morgan fingerprint density at radius 1 is 1.53 bits per heavy atom. The Hall–Kier alpha value is -1.59. The highest BCUT2D eigenvalue weighted by Gasteiger charge is 2.30. The minimum Gasteiger partial charge on any atom is -0.471 e. The van der Waals surface area contributed by atoms with E-state index in [-0.39, 0.29) is 5.91 Å². The summed E-state index contributed by atoms with van der Waals surface area (Å²) in [6.07, 6.45) is 0.845. The Labute approximate surface area is 106 Å². The molecule has 0 radical (unpaired) electrons. The van der Waals surface area contributed by atoms with Crippen molar-refractivity contribution < 1.29 is 9.53 Å². The molecule has 17 heavy (non-hydrogen) atoms. The average molecular weight is 267 g/mol. The summed E-state index contributed by atoms with van der Waals surface area (Å²) in [5, 5.41) is 5.08. The molecule has 1 unspecified atom stereocenters. The first-order valence-corrected chi connectivity index (χ1v) is 6.16. The number of nitrogens with zero attached hydrogens (tertiary/aromatic N) is 1. The second kappa shape index (κ2) is 4.01. The summed E-state index contributed by atoms with van der Waals surface area (Å²) in [7, 11) is 0. The predicted octanol–water partition coefficient (Wildman–Crippen LogP) is 2.87. The van der Waals surface area contributed by atoms with Gasteiger partial charge in [-0.15, -0.1) is 11.3 Å². The smallest absolute Gasteiger partial charge is 0.272 e. The zero-order valence-electron chi connectivity index (χ0n) is 8.51. The van der Waals surface area contributed by atoms with Gasteiger partial charge in [-0.05, 0) is 11.4 Å². The van der Waals surface area contributed by atoms with Crippen molar-refractivity contribution in [1.29, 1.82) is 0 Å². The van der Waals surface area contributed by atoms with Gasteiger partial charge in [0.15, 0.2) is 11.6 Å². The van der Waals surface area contributed by atoms with Crippen molar-refractivity contribution in [2.24, 2.45) is 0 Å². The van der Waals surface area contributed by atoms with E-state index in [0.29, 0.717) is 16.6 Å². The summed E-state index contributed by atoms with van der Waals surface area (Å²) in [5.74, 6) is 0.692. The topological polar surface area (TPSA) is 51.2 Å². The first-order chi connectivity index (χ1) is 8.24. The normalized spacial score (nSPS) is 18.2. The summed E-state index contributed by atoms with van der Waals surface area (Å²) < 4.78 is 5.62. The van der Waals surface area contributed by atoms with Gasteiger partial charge in [0.05, 0.1) is 9.90 Å². The number of thiophene rings is 1. The number of hydrogen-bond acceptors (Lipinski definition) is 4. The van der Waals surface area contributed by atoms with E-state index in [1.165, 1.54) is 17.5 Å². The Morgan fingerprint density at radius 2 is 2.41 bits per heavy atom.